The summed E-state index contributed by atoms with van der Waals surface area (Å²) in [7, 11) is -4.21. The van der Waals surface area contributed by atoms with E-state index in [2.05, 4.69) is 13.8 Å². The molecule has 8 heteroatoms. The van der Waals surface area contributed by atoms with Crippen molar-refractivity contribution in [2.24, 2.45) is 11.1 Å². The third kappa shape index (κ3) is 4.89. The van der Waals surface area contributed by atoms with Crippen LogP contribution in [0.25, 0.3) is 0 Å². The fraction of sp³-hybridized carbons (Fsp3) is 0.381. The number of primary sulfonamides is 1. The lowest BCUT2D eigenvalue weighted by atomic mass is 10.1. The fourth-order valence-electron chi connectivity index (χ4n) is 3.54. The molecule has 1 unspecified atom stereocenters. The molecule has 7 nitrogen and oxygen atoms in total. The average Bonchev–Trinajstić information content (AvgIpc) is 3.08. The largest absolute Gasteiger partial charge is 0.478 e. The van der Waals surface area contributed by atoms with E-state index in [1.54, 1.807) is 12.1 Å². The lowest BCUT2D eigenvalue weighted by molar-refractivity contribution is 0.0696. The van der Waals surface area contributed by atoms with Crippen LogP contribution in [0.4, 0.5) is 5.69 Å². The highest BCUT2D eigenvalue weighted by Gasteiger charge is 2.29. The summed E-state index contributed by atoms with van der Waals surface area (Å²) in [4.78, 5) is 13.2. The van der Waals surface area contributed by atoms with Crippen molar-refractivity contribution >= 4 is 21.7 Å². The molecule has 2 aromatic rings. The van der Waals surface area contributed by atoms with Crippen molar-refractivity contribution in [3.63, 3.8) is 0 Å². The van der Waals surface area contributed by atoms with Crippen LogP contribution >= 0.6 is 0 Å². The Labute approximate surface area is 171 Å². The van der Waals surface area contributed by atoms with Gasteiger partial charge in [0.1, 0.15) is 10.6 Å². The molecular weight excluding hydrogens is 392 g/mol. The number of hydrogen-bond donors (Lipinski definition) is 2. The van der Waals surface area contributed by atoms with E-state index in [1.165, 1.54) is 6.07 Å². The second-order valence-corrected chi connectivity index (χ2v) is 9.04. The van der Waals surface area contributed by atoms with Gasteiger partial charge in [-0.05, 0) is 48.6 Å². The number of aromatic carboxylic acids is 1. The van der Waals surface area contributed by atoms with Gasteiger partial charge >= 0.3 is 5.97 Å². The van der Waals surface area contributed by atoms with Gasteiger partial charge in [0.05, 0.1) is 11.3 Å². The number of anilines is 1. The first kappa shape index (κ1) is 21.1. The van der Waals surface area contributed by atoms with E-state index in [9.17, 15) is 18.3 Å². The molecule has 1 heterocycles. The molecule has 1 aliphatic heterocycles. The maximum absolute atomic E-state index is 12.3. The summed E-state index contributed by atoms with van der Waals surface area (Å²) in [5, 5.41) is 14.9. The molecule has 2 aromatic carbocycles. The van der Waals surface area contributed by atoms with Crippen LogP contribution in [0, 0.1) is 5.92 Å². The number of carboxylic acid groups (broad SMARTS) is 1. The lowest BCUT2D eigenvalue weighted by Gasteiger charge is -2.24. The van der Waals surface area contributed by atoms with E-state index in [-0.39, 0.29) is 16.2 Å². The molecule has 3 N–H and O–H groups in total. The number of carbonyl (C=O) groups is 1. The molecule has 0 bridgehead atoms. The molecule has 156 valence electrons. The summed E-state index contributed by atoms with van der Waals surface area (Å²) in [5.41, 5.74) is 1.44. The van der Waals surface area contributed by atoms with Crippen LogP contribution < -0.4 is 14.8 Å². The Morgan fingerprint density at radius 1 is 1.28 bits per heavy atom. The van der Waals surface area contributed by atoms with Crippen LogP contribution in [0.1, 0.15) is 42.6 Å². The van der Waals surface area contributed by atoms with Crippen LogP contribution in [-0.2, 0) is 16.4 Å². The van der Waals surface area contributed by atoms with Crippen molar-refractivity contribution in [2.45, 2.75) is 38.0 Å². The van der Waals surface area contributed by atoms with Crippen molar-refractivity contribution in [3.8, 4) is 11.5 Å². The first-order valence-corrected chi connectivity index (χ1v) is 11.2. The Morgan fingerprint density at radius 3 is 2.48 bits per heavy atom. The van der Waals surface area contributed by atoms with E-state index in [4.69, 9.17) is 9.88 Å². The average molecular weight is 419 g/mol. The highest BCUT2D eigenvalue weighted by Crippen LogP contribution is 2.41. The summed E-state index contributed by atoms with van der Waals surface area (Å²) in [6, 6.07) is 9.92. The Bertz CT molecular complexity index is 1000. The molecule has 0 amide bonds. The van der Waals surface area contributed by atoms with Gasteiger partial charge in [-0.2, -0.15) is 0 Å². The molecule has 0 spiro atoms. The van der Waals surface area contributed by atoms with Gasteiger partial charge in [-0.15, -0.1) is 0 Å². The van der Waals surface area contributed by atoms with E-state index >= 15 is 0 Å². The van der Waals surface area contributed by atoms with E-state index in [1.807, 2.05) is 17.0 Å². The second kappa shape index (κ2) is 8.42. The third-order valence-electron chi connectivity index (χ3n) is 5.04. The number of nitrogens with two attached hydrogens (primary N) is 1. The first-order valence-electron chi connectivity index (χ1n) is 9.65. The van der Waals surface area contributed by atoms with Gasteiger partial charge in [0, 0.05) is 13.1 Å². The molecule has 0 radical (unpaired) electrons. The van der Waals surface area contributed by atoms with Gasteiger partial charge < -0.3 is 14.7 Å². The molecule has 1 fully saturated rings. The standard InChI is InChI=1S/C21H26N2O5S/c1-3-4-15-5-7-17(8-6-15)28-20-18(23-10-9-14(2)13-23)11-16(21(24)25)12-19(20)29(22,26)27/h5-8,11-12,14H,3-4,9-10,13H2,1-2H3,(H,24,25)(H2,22,26,27). The number of sulfonamides is 1. The van der Waals surface area contributed by atoms with E-state index in [0.717, 1.165) is 30.9 Å². The maximum Gasteiger partial charge on any atom is 0.335 e. The van der Waals surface area contributed by atoms with E-state index in [0.29, 0.717) is 30.4 Å². The minimum absolute atomic E-state index is 0.0647. The predicted octanol–water partition coefficient (Wildman–Crippen LogP) is 3.62. The zero-order chi connectivity index (χ0) is 21.2. The van der Waals surface area contributed by atoms with Crippen molar-refractivity contribution in [1.29, 1.82) is 0 Å². The number of carboxylic acids is 1. The summed E-state index contributed by atoms with van der Waals surface area (Å²) < 4.78 is 30.5. The Balaban J connectivity index is 2.12. The van der Waals surface area contributed by atoms with Gasteiger partial charge in [0.2, 0.25) is 10.0 Å². The van der Waals surface area contributed by atoms with Crippen molar-refractivity contribution in [1.82, 2.24) is 0 Å². The van der Waals surface area contributed by atoms with Gasteiger partial charge in [-0.3, -0.25) is 0 Å². The van der Waals surface area contributed by atoms with Crippen LogP contribution in [0.5, 0.6) is 11.5 Å². The minimum atomic E-state index is -4.21. The summed E-state index contributed by atoms with van der Waals surface area (Å²) in [6.45, 7) is 5.55. The number of hydrogen-bond acceptors (Lipinski definition) is 5. The van der Waals surface area contributed by atoms with Crippen molar-refractivity contribution in [2.75, 3.05) is 18.0 Å². The Hall–Kier alpha value is -2.58. The van der Waals surface area contributed by atoms with Crippen LogP contribution in [-0.4, -0.2) is 32.6 Å². The molecular formula is C21H26N2O5S. The third-order valence-corrected chi connectivity index (χ3v) is 5.95. The minimum Gasteiger partial charge on any atom is -0.478 e. The molecule has 1 saturated heterocycles. The first-order chi connectivity index (χ1) is 13.7. The highest BCUT2D eigenvalue weighted by atomic mass is 32.2. The van der Waals surface area contributed by atoms with Crippen LogP contribution in [0.2, 0.25) is 0 Å². The van der Waals surface area contributed by atoms with Crippen molar-refractivity contribution in [3.05, 3.63) is 47.5 Å². The highest BCUT2D eigenvalue weighted by molar-refractivity contribution is 7.89. The number of benzene rings is 2. The molecule has 0 saturated carbocycles. The molecule has 1 atom stereocenters. The smallest absolute Gasteiger partial charge is 0.335 e. The second-order valence-electron chi connectivity index (χ2n) is 7.51. The number of ether oxygens (including phenoxy) is 1. The van der Waals surface area contributed by atoms with E-state index < -0.39 is 16.0 Å². The zero-order valence-electron chi connectivity index (χ0n) is 16.6. The van der Waals surface area contributed by atoms with Gasteiger partial charge in [0.25, 0.3) is 0 Å². The normalized spacial score (nSPS) is 16.8. The summed E-state index contributed by atoms with van der Waals surface area (Å²) in [6.07, 6.45) is 2.88. The molecule has 29 heavy (non-hydrogen) atoms. The molecule has 1 aliphatic rings. The molecule has 0 aromatic heterocycles. The van der Waals surface area contributed by atoms with Crippen molar-refractivity contribution < 1.29 is 23.1 Å². The quantitative estimate of drug-likeness (QED) is 0.711. The topological polar surface area (TPSA) is 110 Å². The zero-order valence-corrected chi connectivity index (χ0v) is 17.4. The summed E-state index contributed by atoms with van der Waals surface area (Å²) in [5.74, 6) is -0.289. The lowest BCUT2D eigenvalue weighted by Crippen LogP contribution is -2.22. The van der Waals surface area contributed by atoms with Gasteiger partial charge in [-0.25, -0.2) is 18.4 Å². The molecule has 0 aliphatic carbocycles. The maximum atomic E-state index is 12.3. The fourth-order valence-corrected chi connectivity index (χ4v) is 4.24. The van der Waals surface area contributed by atoms with Gasteiger partial charge in [0.15, 0.2) is 5.75 Å². The van der Waals surface area contributed by atoms with Crippen LogP contribution in [0.15, 0.2) is 41.3 Å². The van der Waals surface area contributed by atoms with Gasteiger partial charge in [-0.1, -0.05) is 32.4 Å². The number of rotatable bonds is 7. The van der Waals surface area contributed by atoms with Crippen LogP contribution in [0.3, 0.4) is 0 Å². The SMILES string of the molecule is CCCc1ccc(Oc2c(N3CCC(C)C3)cc(C(=O)O)cc2S(N)(=O)=O)cc1. The predicted molar refractivity (Wildman–Crippen MR) is 111 cm³/mol. The number of aryl methyl sites for hydroxylation is 1. The Morgan fingerprint density at radius 2 is 1.97 bits per heavy atom. The Kier molecular flexibility index (Phi) is 6.14. The number of nitrogens with zero attached hydrogens (tertiary/aromatic N) is 1. The monoisotopic (exact) mass is 418 g/mol. The molecule has 3 rings (SSSR count). The summed E-state index contributed by atoms with van der Waals surface area (Å²) >= 11 is 0.